The fraction of sp³-hybridized carbons (Fsp3) is 0. The Hall–Kier alpha value is -8.55. The van der Waals surface area contributed by atoms with Crippen LogP contribution in [-0.4, -0.2) is 34.1 Å². The van der Waals surface area contributed by atoms with E-state index in [1.807, 2.05) is 54.9 Å². The first-order chi connectivity index (χ1) is 30.7. The Labute approximate surface area is 356 Å². The predicted octanol–water partition coefficient (Wildman–Crippen LogP) is 13.2. The van der Waals surface area contributed by atoms with Crippen molar-refractivity contribution in [3.8, 4) is 68.1 Å². The van der Waals surface area contributed by atoms with E-state index in [0.29, 0.717) is 29.0 Å². The normalized spacial score (nSPS) is 11.5. The molecule has 4 aromatic heterocycles. The zero-order chi connectivity index (χ0) is 41.0. The van der Waals surface area contributed by atoms with Crippen LogP contribution in [-0.2, 0) is 0 Å². The lowest BCUT2D eigenvalue weighted by Gasteiger charge is -2.13. The Morgan fingerprint density at radius 3 is 1.27 bits per heavy atom. The van der Waals surface area contributed by atoms with Gasteiger partial charge in [0.2, 0.25) is 5.95 Å². The summed E-state index contributed by atoms with van der Waals surface area (Å²) in [5, 5.41) is 4.52. The molecule has 0 aliphatic carbocycles. The molecule has 12 rings (SSSR count). The molecule has 0 aliphatic heterocycles. The molecule has 0 aliphatic rings. The Bertz CT molecular complexity index is 3540. The SMILES string of the molecule is c1ccc(-c2cc(-c3ccccc3)cc(-c3nc(-c4cnc(-c5ccccc5)nc4)nc(-n4c5ccccc5c5cc6c(cc54)c4ccccc4n6-c4ccccc4)n3)c2)cc1. The Morgan fingerprint density at radius 2 is 0.710 bits per heavy atom. The van der Waals surface area contributed by atoms with Crippen LogP contribution in [0.1, 0.15) is 0 Å². The highest BCUT2D eigenvalue weighted by Crippen LogP contribution is 2.40. The van der Waals surface area contributed by atoms with Gasteiger partial charge in [0, 0.05) is 50.8 Å². The van der Waals surface area contributed by atoms with Gasteiger partial charge in [0.1, 0.15) is 0 Å². The van der Waals surface area contributed by atoms with Crippen LogP contribution in [0.15, 0.2) is 213 Å². The summed E-state index contributed by atoms with van der Waals surface area (Å²) in [5.41, 5.74) is 12.2. The molecule has 7 heteroatoms. The van der Waals surface area contributed by atoms with E-state index < -0.39 is 0 Å². The Morgan fingerprint density at radius 1 is 0.274 bits per heavy atom. The minimum absolute atomic E-state index is 0.476. The molecule has 0 bridgehead atoms. The Kier molecular flexibility index (Phi) is 8.35. The molecule has 0 radical (unpaired) electrons. The number of benzene rings is 8. The lowest BCUT2D eigenvalue weighted by atomic mass is 9.96. The van der Waals surface area contributed by atoms with Crippen molar-refractivity contribution in [2.75, 3.05) is 0 Å². The molecule has 0 atom stereocenters. The van der Waals surface area contributed by atoms with E-state index in [1.165, 1.54) is 5.39 Å². The van der Waals surface area contributed by atoms with Crippen molar-refractivity contribution in [2.24, 2.45) is 0 Å². The number of fused-ring (bicyclic) bond motifs is 6. The summed E-state index contributed by atoms with van der Waals surface area (Å²) in [6.07, 6.45) is 3.61. The van der Waals surface area contributed by atoms with Gasteiger partial charge in [-0.1, -0.05) is 146 Å². The zero-order valence-electron chi connectivity index (χ0n) is 33.3. The summed E-state index contributed by atoms with van der Waals surface area (Å²) < 4.78 is 4.55. The molecule has 0 saturated heterocycles. The summed E-state index contributed by atoms with van der Waals surface area (Å²) in [4.78, 5) is 25.5. The lowest BCUT2D eigenvalue weighted by Crippen LogP contribution is -2.07. The van der Waals surface area contributed by atoms with Crippen molar-refractivity contribution in [1.82, 2.24) is 34.1 Å². The maximum atomic E-state index is 5.40. The first-order valence-electron chi connectivity index (χ1n) is 20.7. The summed E-state index contributed by atoms with van der Waals surface area (Å²) in [7, 11) is 0. The van der Waals surface area contributed by atoms with Crippen LogP contribution >= 0.6 is 0 Å². The standard InChI is InChI=1S/C55H35N7/c1-5-17-36(18-6-1)39-29-40(37-19-7-2-8-20-37)31-41(30-39)53-58-54(42-34-56-52(57-35-42)38-21-9-3-10-22-38)60-55(59-53)62-49-28-16-14-26-45(49)47-32-50-46(33-51(47)62)44-25-13-15-27-48(44)61(50)43-23-11-4-12-24-43/h1-35H. The molecule has 290 valence electrons. The monoisotopic (exact) mass is 793 g/mol. The highest BCUT2D eigenvalue weighted by atomic mass is 15.2. The average Bonchev–Trinajstić information content (AvgIpc) is 3.86. The van der Waals surface area contributed by atoms with Crippen molar-refractivity contribution in [3.05, 3.63) is 213 Å². The fourth-order valence-electron chi connectivity index (χ4n) is 8.76. The van der Waals surface area contributed by atoms with Crippen LogP contribution in [0.2, 0.25) is 0 Å². The highest BCUT2D eigenvalue weighted by Gasteiger charge is 2.22. The summed E-state index contributed by atoms with van der Waals surface area (Å²) in [6.45, 7) is 0. The maximum absolute atomic E-state index is 5.40. The van der Waals surface area contributed by atoms with Crippen LogP contribution in [0.4, 0.5) is 0 Å². The van der Waals surface area contributed by atoms with Crippen molar-refractivity contribution in [2.45, 2.75) is 0 Å². The number of aromatic nitrogens is 7. The molecule has 0 spiro atoms. The third kappa shape index (κ3) is 6.02. The molecule has 0 saturated carbocycles. The van der Waals surface area contributed by atoms with Gasteiger partial charge in [-0.3, -0.25) is 4.57 Å². The van der Waals surface area contributed by atoms with Crippen LogP contribution in [0, 0.1) is 0 Å². The van der Waals surface area contributed by atoms with Crippen molar-refractivity contribution < 1.29 is 0 Å². The molecule has 0 fully saturated rings. The number of para-hydroxylation sites is 3. The number of hydrogen-bond donors (Lipinski definition) is 0. The van der Waals surface area contributed by atoms with Crippen LogP contribution in [0.5, 0.6) is 0 Å². The van der Waals surface area contributed by atoms with E-state index in [0.717, 1.165) is 77.3 Å². The molecule has 8 aromatic carbocycles. The first-order valence-corrected chi connectivity index (χ1v) is 20.7. The second kappa shape index (κ2) is 14.6. The van der Waals surface area contributed by atoms with Gasteiger partial charge in [0.15, 0.2) is 17.5 Å². The largest absolute Gasteiger partial charge is 0.309 e. The quantitative estimate of drug-likeness (QED) is 0.161. The van der Waals surface area contributed by atoms with Crippen LogP contribution in [0.3, 0.4) is 0 Å². The predicted molar refractivity (Wildman–Crippen MR) is 251 cm³/mol. The van der Waals surface area contributed by atoms with Crippen LogP contribution < -0.4 is 0 Å². The Balaban J connectivity index is 1.13. The second-order valence-electron chi connectivity index (χ2n) is 15.4. The molecule has 4 heterocycles. The molecule has 0 N–H and O–H groups in total. The van der Waals surface area contributed by atoms with E-state index >= 15 is 0 Å². The third-order valence-corrected chi connectivity index (χ3v) is 11.7. The average molecular weight is 794 g/mol. The maximum Gasteiger partial charge on any atom is 0.238 e. The van der Waals surface area contributed by atoms with Crippen molar-refractivity contribution in [3.63, 3.8) is 0 Å². The lowest BCUT2D eigenvalue weighted by molar-refractivity contribution is 0.951. The smallest absolute Gasteiger partial charge is 0.238 e. The second-order valence-corrected chi connectivity index (χ2v) is 15.4. The van der Waals surface area contributed by atoms with Crippen LogP contribution in [0.25, 0.3) is 112 Å². The van der Waals surface area contributed by atoms with Gasteiger partial charge in [-0.15, -0.1) is 0 Å². The summed E-state index contributed by atoms with van der Waals surface area (Å²) in [5.74, 6) is 2.15. The fourth-order valence-corrected chi connectivity index (χ4v) is 8.76. The van der Waals surface area contributed by atoms with Gasteiger partial charge >= 0.3 is 0 Å². The molecule has 7 nitrogen and oxygen atoms in total. The van der Waals surface area contributed by atoms with Gasteiger partial charge in [0.05, 0.1) is 27.6 Å². The van der Waals surface area contributed by atoms with E-state index in [2.05, 4.69) is 167 Å². The van der Waals surface area contributed by atoms with E-state index in [4.69, 9.17) is 24.9 Å². The van der Waals surface area contributed by atoms with Crippen molar-refractivity contribution in [1.29, 1.82) is 0 Å². The molecular formula is C55H35N7. The summed E-state index contributed by atoms with van der Waals surface area (Å²) in [6, 6.07) is 69.8. The molecule has 0 unspecified atom stereocenters. The van der Waals surface area contributed by atoms with Crippen molar-refractivity contribution >= 4 is 43.6 Å². The minimum Gasteiger partial charge on any atom is -0.309 e. The van der Waals surface area contributed by atoms with E-state index in [1.54, 1.807) is 0 Å². The van der Waals surface area contributed by atoms with Gasteiger partial charge in [-0.25, -0.2) is 15.0 Å². The topological polar surface area (TPSA) is 74.3 Å². The number of nitrogens with zero attached hydrogens (tertiary/aromatic N) is 7. The molecular weight excluding hydrogens is 759 g/mol. The van der Waals surface area contributed by atoms with Gasteiger partial charge in [-0.05, 0) is 76.9 Å². The van der Waals surface area contributed by atoms with E-state index in [-0.39, 0.29) is 0 Å². The molecule has 62 heavy (non-hydrogen) atoms. The van der Waals surface area contributed by atoms with Gasteiger partial charge in [0.25, 0.3) is 0 Å². The molecule has 12 aromatic rings. The number of hydrogen-bond acceptors (Lipinski definition) is 5. The first kappa shape index (κ1) is 35.4. The minimum atomic E-state index is 0.476. The highest BCUT2D eigenvalue weighted by molar-refractivity contribution is 6.19. The molecule has 0 amide bonds. The third-order valence-electron chi connectivity index (χ3n) is 11.7. The van der Waals surface area contributed by atoms with Gasteiger partial charge < -0.3 is 4.57 Å². The zero-order valence-corrected chi connectivity index (χ0v) is 33.3. The number of rotatable bonds is 7. The van der Waals surface area contributed by atoms with Gasteiger partial charge in [-0.2, -0.15) is 9.97 Å². The summed E-state index contributed by atoms with van der Waals surface area (Å²) >= 11 is 0. The van der Waals surface area contributed by atoms with E-state index in [9.17, 15) is 0 Å².